The number of hydrogen-bond acceptors (Lipinski definition) is 9. The van der Waals surface area contributed by atoms with Crippen molar-refractivity contribution in [3.63, 3.8) is 0 Å². The van der Waals surface area contributed by atoms with Crippen LogP contribution < -0.4 is 11.2 Å². The Hall–Kier alpha value is -5.29. The van der Waals surface area contributed by atoms with Gasteiger partial charge in [0.15, 0.2) is 18.4 Å². The van der Waals surface area contributed by atoms with Crippen molar-refractivity contribution in [2.75, 3.05) is 6.61 Å². The van der Waals surface area contributed by atoms with E-state index in [-0.39, 0.29) is 22.3 Å². The van der Waals surface area contributed by atoms with E-state index in [0.717, 1.165) is 4.57 Å². The van der Waals surface area contributed by atoms with Crippen molar-refractivity contribution >= 4 is 17.9 Å². The highest BCUT2D eigenvalue weighted by molar-refractivity contribution is 5.91. The Morgan fingerprint density at radius 1 is 0.738 bits per heavy atom. The van der Waals surface area contributed by atoms with Crippen LogP contribution in [0, 0.1) is 6.92 Å². The quantitative estimate of drug-likeness (QED) is 0.250. The SMILES string of the molecule is Cc1cn([C@@H]2O[C@H](COC(=O)c3ccccc3)[C@H](OC(=O)c3ccccc3)[C@H]2OC(=O)c2ccccc2)c(=O)[nH]c1=O. The second kappa shape index (κ2) is 12.5. The number of hydrogen-bond donors (Lipinski definition) is 1. The van der Waals surface area contributed by atoms with Gasteiger partial charge in [0, 0.05) is 11.8 Å². The van der Waals surface area contributed by atoms with E-state index in [2.05, 4.69) is 4.98 Å². The smallest absolute Gasteiger partial charge is 0.338 e. The summed E-state index contributed by atoms with van der Waals surface area (Å²) in [7, 11) is 0. The van der Waals surface area contributed by atoms with Crippen molar-refractivity contribution in [1.82, 2.24) is 9.55 Å². The number of rotatable bonds is 8. The van der Waals surface area contributed by atoms with Crippen LogP contribution in [0.3, 0.4) is 0 Å². The minimum absolute atomic E-state index is 0.183. The molecule has 1 aromatic heterocycles. The monoisotopic (exact) mass is 570 g/mol. The summed E-state index contributed by atoms with van der Waals surface area (Å²) in [6, 6.07) is 24.4. The summed E-state index contributed by atoms with van der Waals surface area (Å²) in [6.45, 7) is 1.08. The maximum Gasteiger partial charge on any atom is 0.338 e. The molecule has 1 aliphatic heterocycles. The van der Waals surface area contributed by atoms with Gasteiger partial charge in [0.25, 0.3) is 5.56 Å². The lowest BCUT2D eigenvalue weighted by Crippen LogP contribution is -2.43. The van der Waals surface area contributed by atoms with Crippen molar-refractivity contribution in [2.45, 2.75) is 31.5 Å². The lowest BCUT2D eigenvalue weighted by Gasteiger charge is -2.25. The molecule has 0 spiro atoms. The van der Waals surface area contributed by atoms with Gasteiger partial charge >= 0.3 is 23.6 Å². The molecule has 11 heteroatoms. The molecule has 5 rings (SSSR count). The molecule has 0 bridgehead atoms. The predicted molar refractivity (Wildman–Crippen MR) is 148 cm³/mol. The molecule has 0 unspecified atom stereocenters. The Kier molecular flexibility index (Phi) is 8.39. The van der Waals surface area contributed by atoms with E-state index in [4.69, 9.17) is 18.9 Å². The highest BCUT2D eigenvalue weighted by Gasteiger charge is 2.51. The number of nitrogens with zero attached hydrogens (tertiary/aromatic N) is 1. The number of carbonyl (C=O) groups excluding carboxylic acids is 3. The number of nitrogens with one attached hydrogen (secondary N) is 1. The van der Waals surface area contributed by atoms with Crippen molar-refractivity contribution in [3.8, 4) is 0 Å². The number of aryl methyl sites for hydroxylation is 1. The van der Waals surface area contributed by atoms with Gasteiger partial charge in [-0.3, -0.25) is 14.3 Å². The molecule has 1 N–H and O–H groups in total. The molecule has 1 saturated heterocycles. The first-order valence-electron chi connectivity index (χ1n) is 13.0. The van der Waals surface area contributed by atoms with Crippen LogP contribution >= 0.6 is 0 Å². The summed E-state index contributed by atoms with van der Waals surface area (Å²) in [5.41, 5.74) is -0.564. The number of ether oxygens (including phenoxy) is 4. The predicted octanol–water partition coefficient (Wildman–Crippen LogP) is 3.05. The number of benzene rings is 3. The zero-order valence-corrected chi connectivity index (χ0v) is 22.4. The summed E-state index contributed by atoms with van der Waals surface area (Å²) >= 11 is 0. The van der Waals surface area contributed by atoms with E-state index in [1.807, 2.05) is 0 Å². The molecule has 0 aliphatic carbocycles. The molecule has 4 atom stereocenters. The molecular weight excluding hydrogens is 544 g/mol. The zero-order chi connectivity index (χ0) is 29.6. The summed E-state index contributed by atoms with van der Waals surface area (Å²) in [5.74, 6) is -2.19. The summed E-state index contributed by atoms with van der Waals surface area (Å²) in [4.78, 5) is 66.2. The second-order valence-electron chi connectivity index (χ2n) is 9.48. The second-order valence-corrected chi connectivity index (χ2v) is 9.48. The van der Waals surface area contributed by atoms with Gasteiger partial charge in [0.2, 0.25) is 0 Å². The van der Waals surface area contributed by atoms with E-state index < -0.39 is 60.3 Å². The number of esters is 3. The Morgan fingerprint density at radius 2 is 1.21 bits per heavy atom. The average Bonchev–Trinajstić information content (AvgIpc) is 3.34. The molecule has 0 radical (unpaired) electrons. The van der Waals surface area contributed by atoms with E-state index in [1.54, 1.807) is 78.9 Å². The maximum absolute atomic E-state index is 13.2. The summed E-state index contributed by atoms with van der Waals surface area (Å²) in [6.07, 6.45) is -3.96. The average molecular weight is 571 g/mol. The molecule has 2 heterocycles. The van der Waals surface area contributed by atoms with Gasteiger partial charge in [-0.25, -0.2) is 19.2 Å². The van der Waals surface area contributed by atoms with Gasteiger partial charge < -0.3 is 18.9 Å². The lowest BCUT2D eigenvalue weighted by atomic mass is 10.1. The molecule has 1 fully saturated rings. The fraction of sp³-hybridized carbons (Fsp3) is 0.194. The first kappa shape index (κ1) is 28.2. The molecular formula is C31H26N2O9. The third-order valence-electron chi connectivity index (χ3n) is 6.60. The first-order valence-corrected chi connectivity index (χ1v) is 13.0. The van der Waals surface area contributed by atoms with Crippen LogP contribution in [0.25, 0.3) is 0 Å². The Labute approximate surface area is 239 Å². The fourth-order valence-corrected chi connectivity index (χ4v) is 4.46. The molecule has 3 aromatic carbocycles. The van der Waals surface area contributed by atoms with Crippen LogP contribution in [0.4, 0.5) is 0 Å². The van der Waals surface area contributed by atoms with E-state index in [0.29, 0.717) is 0 Å². The van der Waals surface area contributed by atoms with Gasteiger partial charge in [0.1, 0.15) is 12.7 Å². The van der Waals surface area contributed by atoms with Crippen molar-refractivity contribution < 1.29 is 33.3 Å². The fourth-order valence-electron chi connectivity index (χ4n) is 4.46. The Morgan fingerprint density at radius 3 is 1.74 bits per heavy atom. The topological polar surface area (TPSA) is 143 Å². The third-order valence-corrected chi connectivity index (χ3v) is 6.60. The Bertz CT molecular complexity index is 1680. The highest BCUT2D eigenvalue weighted by atomic mass is 16.7. The normalized spacial score (nSPS) is 19.5. The highest BCUT2D eigenvalue weighted by Crippen LogP contribution is 2.34. The summed E-state index contributed by atoms with van der Waals surface area (Å²) in [5, 5.41) is 0. The lowest BCUT2D eigenvalue weighted by molar-refractivity contribution is -0.0640. The van der Waals surface area contributed by atoms with Crippen LogP contribution in [-0.2, 0) is 18.9 Å². The molecule has 4 aromatic rings. The van der Waals surface area contributed by atoms with Crippen molar-refractivity contribution in [1.29, 1.82) is 0 Å². The Balaban J connectivity index is 1.52. The molecule has 1 aliphatic rings. The van der Waals surface area contributed by atoms with E-state index >= 15 is 0 Å². The van der Waals surface area contributed by atoms with Gasteiger partial charge in [-0.2, -0.15) is 0 Å². The van der Waals surface area contributed by atoms with Crippen LogP contribution in [0.2, 0.25) is 0 Å². The van der Waals surface area contributed by atoms with E-state index in [9.17, 15) is 24.0 Å². The molecule has 11 nitrogen and oxygen atoms in total. The van der Waals surface area contributed by atoms with Crippen molar-refractivity contribution in [3.05, 3.63) is 140 Å². The van der Waals surface area contributed by atoms with Crippen LogP contribution in [0.5, 0.6) is 0 Å². The summed E-state index contributed by atoms with van der Waals surface area (Å²) < 4.78 is 24.3. The van der Waals surface area contributed by atoms with Gasteiger partial charge in [-0.15, -0.1) is 0 Å². The van der Waals surface area contributed by atoms with E-state index in [1.165, 1.54) is 25.3 Å². The van der Waals surface area contributed by atoms with Gasteiger partial charge in [0.05, 0.1) is 16.7 Å². The van der Waals surface area contributed by atoms with Crippen molar-refractivity contribution in [2.24, 2.45) is 0 Å². The molecule has 42 heavy (non-hydrogen) atoms. The molecule has 0 amide bonds. The zero-order valence-electron chi connectivity index (χ0n) is 22.4. The minimum Gasteiger partial charge on any atom is -0.459 e. The number of H-pyrrole nitrogens is 1. The van der Waals surface area contributed by atoms with Crippen LogP contribution in [-0.4, -0.2) is 52.4 Å². The van der Waals surface area contributed by atoms with Crippen LogP contribution in [0.15, 0.2) is 107 Å². The number of aromatic amines is 1. The maximum atomic E-state index is 13.2. The standard InChI is InChI=1S/C31H26N2O9/c1-19-17-33(31(38)32-26(19)34)27-25(42-30(37)22-15-9-4-10-16-22)24(41-29(36)21-13-7-3-8-14-21)23(40-27)18-39-28(35)20-11-5-2-6-12-20/h2-17,23-25,27H,18H2,1H3,(H,32,34,38)/t23-,24+,25-,27-/m1/s1. The third kappa shape index (κ3) is 6.21. The van der Waals surface area contributed by atoms with Gasteiger partial charge in [-0.1, -0.05) is 54.6 Å². The minimum atomic E-state index is -1.38. The van der Waals surface area contributed by atoms with Gasteiger partial charge in [-0.05, 0) is 43.3 Å². The molecule has 214 valence electrons. The first-order chi connectivity index (χ1) is 20.3. The largest absolute Gasteiger partial charge is 0.459 e. The van der Waals surface area contributed by atoms with Crippen LogP contribution in [0.1, 0.15) is 42.9 Å². The number of carbonyl (C=O) groups is 3. The number of aromatic nitrogens is 2. The molecule has 0 saturated carbocycles.